The maximum atomic E-state index is 12.6. The molecule has 0 spiro atoms. The summed E-state index contributed by atoms with van der Waals surface area (Å²) in [4.78, 5) is 22.4. The summed E-state index contributed by atoms with van der Waals surface area (Å²) in [7, 11) is -4.32. The van der Waals surface area contributed by atoms with Crippen LogP contribution >= 0.6 is 7.82 Å². The van der Waals surface area contributed by atoms with Gasteiger partial charge >= 0.3 is 7.82 Å². The normalized spacial score (nSPS) is 15.0. The number of aliphatic hydroxyl groups excluding tert-OH is 1. The topological polar surface area (TPSA) is 131 Å². The van der Waals surface area contributed by atoms with E-state index in [1.54, 1.807) is 6.08 Å². The summed E-state index contributed by atoms with van der Waals surface area (Å²) in [5, 5.41) is 13.4. The lowest BCUT2D eigenvalue weighted by molar-refractivity contribution is -0.123. The van der Waals surface area contributed by atoms with Crippen molar-refractivity contribution in [1.29, 1.82) is 0 Å². The maximum Gasteiger partial charge on any atom is 0.472 e. The molecule has 0 aliphatic carbocycles. The SMILES string of the molecule is CCCCCCC/C=C\CCCCCCCC(=O)NC(COP(=O)(O)OCCN)C(O)/C=C/CCCCCCC. The van der Waals surface area contributed by atoms with Crippen LogP contribution in [0.2, 0.25) is 0 Å². The van der Waals surface area contributed by atoms with Crippen molar-refractivity contribution in [2.75, 3.05) is 19.8 Å². The van der Waals surface area contributed by atoms with Gasteiger partial charge in [0.25, 0.3) is 0 Å². The fourth-order valence-corrected chi connectivity index (χ4v) is 5.06. The van der Waals surface area contributed by atoms with Crippen molar-refractivity contribution in [2.24, 2.45) is 5.73 Å². The largest absolute Gasteiger partial charge is 0.472 e. The molecule has 0 saturated heterocycles. The summed E-state index contributed by atoms with van der Waals surface area (Å²) < 4.78 is 21.8. The molecule has 3 atom stereocenters. The molecule has 0 bridgehead atoms. The molecule has 0 heterocycles. The standard InChI is InChI=1S/C31H61N2O6P/c1-3-5-7-9-11-12-13-14-15-16-17-19-21-23-25-31(35)33-29(28-39-40(36,37)38-27-26-32)30(34)24-22-20-18-10-8-6-4-2/h13-14,22,24,29-30,34H,3-12,15-21,23,25-28,32H2,1-2H3,(H,33,35)(H,36,37)/b14-13-,24-22+. The predicted octanol–water partition coefficient (Wildman–Crippen LogP) is 7.49. The van der Waals surface area contributed by atoms with E-state index < -0.39 is 20.0 Å². The lowest BCUT2D eigenvalue weighted by Crippen LogP contribution is -2.45. The van der Waals surface area contributed by atoms with Crippen LogP contribution < -0.4 is 11.1 Å². The Kier molecular flexibility index (Phi) is 27.4. The van der Waals surface area contributed by atoms with Crippen LogP contribution in [-0.2, 0) is 18.4 Å². The van der Waals surface area contributed by atoms with Gasteiger partial charge in [-0.1, -0.05) is 109 Å². The van der Waals surface area contributed by atoms with E-state index in [1.165, 1.54) is 64.2 Å². The molecule has 40 heavy (non-hydrogen) atoms. The Labute approximate surface area is 245 Å². The predicted molar refractivity (Wildman–Crippen MR) is 166 cm³/mol. The summed E-state index contributed by atoms with van der Waals surface area (Å²) in [5.74, 6) is -0.210. The van der Waals surface area contributed by atoms with E-state index in [4.69, 9.17) is 14.8 Å². The van der Waals surface area contributed by atoms with Gasteiger partial charge in [0.05, 0.1) is 25.4 Å². The summed E-state index contributed by atoms with van der Waals surface area (Å²) in [6.07, 6.45) is 28.1. The molecule has 0 aliphatic rings. The monoisotopic (exact) mass is 588 g/mol. The van der Waals surface area contributed by atoms with Crippen LogP contribution in [0.15, 0.2) is 24.3 Å². The summed E-state index contributed by atoms with van der Waals surface area (Å²) in [6.45, 7) is 4.02. The number of amides is 1. The molecule has 0 aromatic carbocycles. The number of nitrogens with two attached hydrogens (primary N) is 1. The molecule has 0 radical (unpaired) electrons. The molecule has 0 aliphatic heterocycles. The van der Waals surface area contributed by atoms with Gasteiger partial charge in [0.2, 0.25) is 5.91 Å². The first-order chi connectivity index (χ1) is 19.4. The minimum Gasteiger partial charge on any atom is -0.387 e. The first-order valence-corrected chi connectivity index (χ1v) is 17.5. The van der Waals surface area contributed by atoms with Gasteiger partial charge in [0.15, 0.2) is 0 Å². The highest BCUT2D eigenvalue weighted by atomic mass is 31.2. The third kappa shape index (κ3) is 25.9. The van der Waals surface area contributed by atoms with Gasteiger partial charge in [0, 0.05) is 13.0 Å². The van der Waals surface area contributed by atoms with E-state index in [-0.39, 0.29) is 25.7 Å². The van der Waals surface area contributed by atoms with Gasteiger partial charge < -0.3 is 21.1 Å². The lowest BCUT2D eigenvalue weighted by Gasteiger charge is -2.23. The Morgan fingerprint density at radius 2 is 1.30 bits per heavy atom. The van der Waals surface area contributed by atoms with Crippen molar-refractivity contribution in [3.63, 3.8) is 0 Å². The zero-order valence-corrected chi connectivity index (χ0v) is 26.5. The third-order valence-electron chi connectivity index (χ3n) is 6.77. The summed E-state index contributed by atoms with van der Waals surface area (Å²) >= 11 is 0. The lowest BCUT2D eigenvalue weighted by atomic mass is 10.1. The summed E-state index contributed by atoms with van der Waals surface area (Å²) in [6, 6.07) is -0.857. The second-order valence-corrected chi connectivity index (χ2v) is 12.1. The number of carbonyl (C=O) groups is 1. The number of phosphoric acid groups is 1. The van der Waals surface area contributed by atoms with Gasteiger partial charge in [-0.05, 0) is 44.9 Å². The van der Waals surface area contributed by atoms with Crippen molar-refractivity contribution in [1.82, 2.24) is 5.32 Å². The molecule has 0 rings (SSSR count). The molecule has 3 unspecified atom stereocenters. The molecular weight excluding hydrogens is 527 g/mol. The molecule has 0 aromatic heterocycles. The Hall–Kier alpha value is -1.02. The van der Waals surface area contributed by atoms with Crippen molar-refractivity contribution in [3.8, 4) is 0 Å². The summed E-state index contributed by atoms with van der Waals surface area (Å²) in [5.41, 5.74) is 5.32. The fourth-order valence-electron chi connectivity index (χ4n) is 4.30. The van der Waals surface area contributed by atoms with E-state index in [9.17, 15) is 19.4 Å². The second kappa shape index (κ2) is 28.1. The van der Waals surface area contributed by atoms with Crippen LogP contribution in [-0.4, -0.2) is 47.8 Å². The average Bonchev–Trinajstić information content (AvgIpc) is 2.93. The third-order valence-corrected chi connectivity index (χ3v) is 7.76. The number of rotatable bonds is 29. The number of unbranched alkanes of at least 4 members (excludes halogenated alkanes) is 15. The van der Waals surface area contributed by atoms with Crippen molar-refractivity contribution in [2.45, 2.75) is 148 Å². The van der Waals surface area contributed by atoms with E-state index in [0.717, 1.165) is 51.4 Å². The molecule has 0 fully saturated rings. The van der Waals surface area contributed by atoms with Crippen LogP contribution in [0.25, 0.3) is 0 Å². The highest BCUT2D eigenvalue weighted by Gasteiger charge is 2.26. The van der Waals surface area contributed by atoms with Crippen LogP contribution in [0.3, 0.4) is 0 Å². The number of aliphatic hydroxyl groups is 1. The first kappa shape index (κ1) is 39.0. The fraction of sp³-hybridized carbons (Fsp3) is 0.839. The maximum absolute atomic E-state index is 12.6. The van der Waals surface area contributed by atoms with Crippen LogP contribution in [0.5, 0.6) is 0 Å². The van der Waals surface area contributed by atoms with E-state index in [0.29, 0.717) is 6.42 Å². The average molecular weight is 589 g/mol. The highest BCUT2D eigenvalue weighted by Crippen LogP contribution is 2.43. The van der Waals surface area contributed by atoms with E-state index in [1.807, 2.05) is 6.08 Å². The van der Waals surface area contributed by atoms with Crippen molar-refractivity contribution in [3.05, 3.63) is 24.3 Å². The quantitative estimate of drug-likeness (QED) is 0.0404. The Balaban J connectivity index is 4.35. The Morgan fingerprint density at radius 3 is 1.85 bits per heavy atom. The van der Waals surface area contributed by atoms with Gasteiger partial charge in [0.1, 0.15) is 0 Å². The number of allylic oxidation sites excluding steroid dienone is 3. The Bertz CT molecular complexity index is 689. The van der Waals surface area contributed by atoms with Crippen LogP contribution in [0.1, 0.15) is 136 Å². The molecular formula is C31H61N2O6P. The van der Waals surface area contributed by atoms with Gasteiger partial charge in [-0.3, -0.25) is 13.8 Å². The van der Waals surface area contributed by atoms with Gasteiger partial charge in [-0.25, -0.2) is 4.57 Å². The molecule has 9 heteroatoms. The molecule has 0 aromatic rings. The smallest absolute Gasteiger partial charge is 0.387 e. The number of nitrogens with one attached hydrogen (secondary N) is 1. The molecule has 1 amide bonds. The zero-order chi connectivity index (χ0) is 29.7. The highest BCUT2D eigenvalue weighted by molar-refractivity contribution is 7.47. The second-order valence-electron chi connectivity index (χ2n) is 10.7. The van der Waals surface area contributed by atoms with Crippen LogP contribution in [0.4, 0.5) is 0 Å². The van der Waals surface area contributed by atoms with Gasteiger partial charge in [-0.15, -0.1) is 0 Å². The minimum atomic E-state index is -4.32. The number of hydrogen-bond acceptors (Lipinski definition) is 6. The van der Waals surface area contributed by atoms with Crippen LogP contribution in [0, 0.1) is 0 Å². The van der Waals surface area contributed by atoms with E-state index >= 15 is 0 Å². The minimum absolute atomic E-state index is 0.0770. The molecule has 236 valence electrons. The van der Waals surface area contributed by atoms with Crippen molar-refractivity contribution < 1.29 is 28.4 Å². The number of carbonyl (C=O) groups excluding carboxylic acids is 1. The number of hydrogen-bond donors (Lipinski definition) is 4. The van der Waals surface area contributed by atoms with E-state index in [2.05, 4.69) is 31.3 Å². The zero-order valence-electron chi connectivity index (χ0n) is 25.6. The van der Waals surface area contributed by atoms with Gasteiger partial charge in [-0.2, -0.15) is 0 Å². The number of phosphoric ester groups is 1. The molecule has 0 saturated carbocycles. The Morgan fingerprint density at radius 1 is 0.800 bits per heavy atom. The molecule has 8 nitrogen and oxygen atoms in total. The molecule has 5 N–H and O–H groups in total. The van der Waals surface area contributed by atoms with Crippen molar-refractivity contribution >= 4 is 13.7 Å². The first-order valence-electron chi connectivity index (χ1n) is 16.0.